The first-order chi connectivity index (χ1) is 16.0. The van der Waals surface area contributed by atoms with Gasteiger partial charge in [-0.3, -0.25) is 9.59 Å². The van der Waals surface area contributed by atoms with Crippen molar-refractivity contribution in [2.45, 2.75) is 40.0 Å². The maximum atomic E-state index is 14.7. The lowest BCUT2D eigenvalue weighted by molar-refractivity contribution is -0.137. The molecule has 0 radical (unpaired) electrons. The number of carbonyl (C=O) groups is 2. The number of carboxylic acids is 1. The standard InChI is InChI=1S/C25H27FN2O6/c1-14-27-28-24(34-14)20(12-23(30)31)16-8-15(9-17(26)10-16)19-11-18(6-7-21(19)32-5)33-13-22(29)25(2,3)4/h6-11,20H,12-13H2,1-5H3,(H,30,31). The smallest absolute Gasteiger partial charge is 0.304 e. The molecule has 9 heteroatoms. The van der Waals surface area contributed by atoms with Gasteiger partial charge in [0.2, 0.25) is 11.8 Å². The Labute approximate surface area is 196 Å². The van der Waals surface area contributed by atoms with Crippen molar-refractivity contribution in [2.24, 2.45) is 5.41 Å². The number of carboxylic acid groups (broad SMARTS) is 1. The van der Waals surface area contributed by atoms with E-state index in [1.165, 1.54) is 19.2 Å². The van der Waals surface area contributed by atoms with E-state index >= 15 is 0 Å². The lowest BCUT2D eigenvalue weighted by Gasteiger charge is -2.18. The number of aromatic nitrogens is 2. The van der Waals surface area contributed by atoms with E-state index < -0.39 is 23.1 Å². The van der Waals surface area contributed by atoms with E-state index in [1.807, 2.05) is 20.8 Å². The van der Waals surface area contributed by atoms with Crippen molar-refractivity contribution in [1.82, 2.24) is 10.2 Å². The quantitative estimate of drug-likeness (QED) is 0.475. The number of ether oxygens (including phenoxy) is 2. The largest absolute Gasteiger partial charge is 0.496 e. The highest BCUT2D eigenvalue weighted by Crippen LogP contribution is 2.37. The van der Waals surface area contributed by atoms with Crippen LogP contribution in [-0.2, 0) is 9.59 Å². The first kappa shape index (κ1) is 24.9. The van der Waals surface area contributed by atoms with Crippen molar-refractivity contribution in [3.8, 4) is 22.6 Å². The van der Waals surface area contributed by atoms with Gasteiger partial charge in [-0.2, -0.15) is 0 Å². The Morgan fingerprint density at radius 2 is 1.88 bits per heavy atom. The Balaban J connectivity index is 2.02. The van der Waals surface area contributed by atoms with Crippen LogP contribution in [0.5, 0.6) is 11.5 Å². The molecule has 0 aliphatic heterocycles. The van der Waals surface area contributed by atoms with Gasteiger partial charge in [0.25, 0.3) is 0 Å². The van der Waals surface area contributed by atoms with E-state index in [2.05, 4.69) is 10.2 Å². The van der Waals surface area contributed by atoms with Gasteiger partial charge in [-0.15, -0.1) is 10.2 Å². The molecule has 1 unspecified atom stereocenters. The van der Waals surface area contributed by atoms with Gasteiger partial charge in [-0.25, -0.2) is 4.39 Å². The molecule has 3 aromatic rings. The van der Waals surface area contributed by atoms with E-state index in [-0.39, 0.29) is 30.6 Å². The number of methoxy groups -OCH3 is 1. The van der Waals surface area contributed by atoms with Crippen LogP contribution in [0.3, 0.4) is 0 Å². The van der Waals surface area contributed by atoms with Gasteiger partial charge < -0.3 is 19.0 Å². The van der Waals surface area contributed by atoms with E-state index in [0.717, 1.165) is 0 Å². The van der Waals surface area contributed by atoms with E-state index in [4.69, 9.17) is 13.9 Å². The molecule has 1 atom stereocenters. The van der Waals surface area contributed by atoms with Crippen LogP contribution in [0.1, 0.15) is 50.5 Å². The van der Waals surface area contributed by atoms with Gasteiger partial charge >= 0.3 is 5.97 Å². The van der Waals surface area contributed by atoms with Crippen LogP contribution in [0.4, 0.5) is 4.39 Å². The molecule has 0 bridgehead atoms. The molecule has 3 rings (SSSR count). The first-order valence-electron chi connectivity index (χ1n) is 10.6. The van der Waals surface area contributed by atoms with Crippen LogP contribution in [0, 0.1) is 18.2 Å². The van der Waals surface area contributed by atoms with Crippen LogP contribution >= 0.6 is 0 Å². The summed E-state index contributed by atoms with van der Waals surface area (Å²) in [6.45, 7) is 6.91. The summed E-state index contributed by atoms with van der Waals surface area (Å²) < 4.78 is 31.3. The number of hydrogen-bond acceptors (Lipinski definition) is 7. The van der Waals surface area contributed by atoms with Crippen LogP contribution in [-0.4, -0.2) is 40.8 Å². The number of benzene rings is 2. The van der Waals surface area contributed by atoms with Crippen LogP contribution in [0.15, 0.2) is 40.8 Å². The minimum Gasteiger partial charge on any atom is -0.496 e. The monoisotopic (exact) mass is 470 g/mol. The Bertz CT molecular complexity index is 1200. The highest BCUT2D eigenvalue weighted by molar-refractivity contribution is 5.85. The topological polar surface area (TPSA) is 112 Å². The maximum Gasteiger partial charge on any atom is 0.304 e. The fraction of sp³-hybridized carbons (Fsp3) is 0.360. The molecular formula is C25H27FN2O6. The summed E-state index contributed by atoms with van der Waals surface area (Å²) in [6, 6.07) is 9.17. The molecular weight excluding hydrogens is 443 g/mol. The second kappa shape index (κ2) is 10.0. The Morgan fingerprint density at radius 3 is 2.47 bits per heavy atom. The minimum absolute atomic E-state index is 0.0655. The lowest BCUT2D eigenvalue weighted by atomic mass is 9.91. The Hall–Kier alpha value is -3.75. The molecule has 180 valence electrons. The molecule has 0 saturated carbocycles. The Morgan fingerprint density at radius 1 is 1.15 bits per heavy atom. The van der Waals surface area contributed by atoms with Gasteiger partial charge in [-0.05, 0) is 47.5 Å². The number of Topliss-reactive ketones (excluding diaryl/α,β-unsaturated/α-hetero) is 1. The molecule has 0 aliphatic carbocycles. The first-order valence-corrected chi connectivity index (χ1v) is 10.6. The zero-order valence-corrected chi connectivity index (χ0v) is 19.7. The second-order valence-corrected chi connectivity index (χ2v) is 8.91. The molecule has 0 aliphatic rings. The molecule has 0 amide bonds. The lowest BCUT2D eigenvalue weighted by Crippen LogP contribution is -2.26. The summed E-state index contributed by atoms with van der Waals surface area (Å²) in [6.07, 6.45) is -0.361. The zero-order chi connectivity index (χ0) is 25.0. The summed E-state index contributed by atoms with van der Waals surface area (Å²) in [4.78, 5) is 23.7. The van der Waals surface area contributed by atoms with E-state index in [0.29, 0.717) is 28.2 Å². The maximum absolute atomic E-state index is 14.7. The SMILES string of the molecule is COc1ccc(OCC(=O)C(C)(C)C)cc1-c1cc(F)cc(C(CC(=O)O)c2nnc(C)o2)c1. The number of rotatable bonds is 9. The molecule has 1 N–H and O–H groups in total. The van der Waals surface area contributed by atoms with Crippen molar-refractivity contribution < 1.29 is 33.0 Å². The van der Waals surface area contributed by atoms with Crippen molar-refractivity contribution in [3.63, 3.8) is 0 Å². The average molecular weight is 470 g/mol. The van der Waals surface area contributed by atoms with Crippen molar-refractivity contribution >= 4 is 11.8 Å². The molecule has 34 heavy (non-hydrogen) atoms. The van der Waals surface area contributed by atoms with Crippen LogP contribution in [0.2, 0.25) is 0 Å². The second-order valence-electron chi connectivity index (χ2n) is 8.91. The predicted octanol–water partition coefficient (Wildman–Crippen LogP) is 4.79. The third kappa shape index (κ3) is 5.98. The number of hydrogen-bond donors (Lipinski definition) is 1. The number of aryl methyl sites for hydroxylation is 1. The average Bonchev–Trinajstić information content (AvgIpc) is 3.20. The normalized spacial score (nSPS) is 12.3. The van der Waals surface area contributed by atoms with E-state index in [1.54, 1.807) is 31.2 Å². The summed E-state index contributed by atoms with van der Waals surface area (Å²) in [5.41, 5.74) is 0.766. The van der Waals surface area contributed by atoms with Gasteiger partial charge in [0, 0.05) is 17.9 Å². The third-order valence-electron chi connectivity index (χ3n) is 5.23. The van der Waals surface area contributed by atoms with Gasteiger partial charge in [-0.1, -0.05) is 20.8 Å². The summed E-state index contributed by atoms with van der Waals surface area (Å²) in [5.74, 6) is -1.35. The molecule has 8 nitrogen and oxygen atoms in total. The summed E-state index contributed by atoms with van der Waals surface area (Å²) in [5, 5.41) is 17.1. The number of carbonyl (C=O) groups excluding carboxylic acids is 1. The predicted molar refractivity (Wildman–Crippen MR) is 121 cm³/mol. The van der Waals surface area contributed by atoms with Gasteiger partial charge in [0.1, 0.15) is 23.9 Å². The van der Waals surface area contributed by atoms with E-state index in [9.17, 15) is 19.1 Å². The van der Waals surface area contributed by atoms with Crippen molar-refractivity contribution in [3.05, 3.63) is 59.6 Å². The van der Waals surface area contributed by atoms with Crippen molar-refractivity contribution in [2.75, 3.05) is 13.7 Å². The number of aliphatic carboxylic acids is 1. The molecule has 0 saturated heterocycles. The number of ketones is 1. The fourth-order valence-electron chi connectivity index (χ4n) is 3.31. The summed E-state index contributed by atoms with van der Waals surface area (Å²) >= 11 is 0. The fourth-order valence-corrected chi connectivity index (χ4v) is 3.31. The Kier molecular flexibility index (Phi) is 7.34. The van der Waals surface area contributed by atoms with Crippen LogP contribution < -0.4 is 9.47 Å². The molecule has 0 fully saturated rings. The number of nitrogens with zero attached hydrogens (tertiary/aromatic N) is 2. The van der Waals surface area contributed by atoms with Crippen molar-refractivity contribution in [1.29, 1.82) is 0 Å². The third-order valence-corrected chi connectivity index (χ3v) is 5.23. The van der Waals surface area contributed by atoms with Crippen LogP contribution in [0.25, 0.3) is 11.1 Å². The molecule has 0 spiro atoms. The van der Waals surface area contributed by atoms with Gasteiger partial charge in [0.15, 0.2) is 5.78 Å². The molecule has 2 aromatic carbocycles. The molecule has 1 heterocycles. The van der Waals surface area contributed by atoms with Gasteiger partial charge in [0.05, 0.1) is 19.4 Å². The summed E-state index contributed by atoms with van der Waals surface area (Å²) in [7, 11) is 1.48. The number of halogens is 1. The molecule has 1 aromatic heterocycles. The zero-order valence-electron chi connectivity index (χ0n) is 19.7. The minimum atomic E-state index is -1.09. The highest BCUT2D eigenvalue weighted by atomic mass is 19.1. The highest BCUT2D eigenvalue weighted by Gasteiger charge is 2.25.